The van der Waals surface area contributed by atoms with E-state index in [0.29, 0.717) is 11.4 Å². The van der Waals surface area contributed by atoms with E-state index in [0.717, 1.165) is 10.8 Å². The maximum absolute atomic E-state index is 12.3. The number of ether oxygens (including phenoxy) is 1. The van der Waals surface area contributed by atoms with E-state index >= 15 is 0 Å². The van der Waals surface area contributed by atoms with Crippen molar-refractivity contribution >= 4 is 34.1 Å². The fraction of sp³-hybridized carbons (Fsp3) is 0.0500. The van der Waals surface area contributed by atoms with Crippen LogP contribution in [0.15, 0.2) is 71.5 Å². The van der Waals surface area contributed by atoms with Crippen LogP contribution in [0.25, 0.3) is 10.8 Å². The lowest BCUT2D eigenvalue weighted by Crippen LogP contribution is -2.19. The van der Waals surface area contributed by atoms with Crippen LogP contribution >= 0.6 is 0 Å². The molecule has 0 heterocycles. The monoisotopic (exact) mass is 348 g/mol. The van der Waals surface area contributed by atoms with Crippen molar-refractivity contribution in [3.8, 4) is 5.75 Å². The number of amides is 2. The van der Waals surface area contributed by atoms with Crippen molar-refractivity contribution in [3.63, 3.8) is 0 Å². The van der Waals surface area contributed by atoms with Crippen molar-refractivity contribution in [1.29, 1.82) is 0 Å². The highest BCUT2D eigenvalue weighted by Crippen LogP contribution is 2.23. The number of esters is 1. The number of carbonyl (C=O) groups is 2. The summed E-state index contributed by atoms with van der Waals surface area (Å²) < 4.78 is 4.83. The van der Waals surface area contributed by atoms with Gasteiger partial charge in [-0.1, -0.05) is 36.4 Å². The maximum atomic E-state index is 12.3. The average Bonchev–Trinajstić information content (AvgIpc) is 2.78. The molecule has 0 spiro atoms. The van der Waals surface area contributed by atoms with Crippen LogP contribution in [0.3, 0.4) is 0 Å². The van der Waals surface area contributed by atoms with Crippen LogP contribution in [-0.2, 0) is 4.79 Å². The second-order valence-corrected chi connectivity index (χ2v) is 5.55. The van der Waals surface area contributed by atoms with Gasteiger partial charge >= 0.3 is 12.0 Å². The molecule has 2 amide bonds. The summed E-state index contributed by atoms with van der Waals surface area (Å²) in [5, 5.41) is 7.38. The molecule has 0 aliphatic carbocycles. The van der Waals surface area contributed by atoms with Crippen molar-refractivity contribution < 1.29 is 14.3 Å². The summed E-state index contributed by atoms with van der Waals surface area (Å²) in [5.74, 6) is -0.684. The Morgan fingerprint density at radius 1 is 0.846 bits per heavy atom. The van der Waals surface area contributed by atoms with Crippen LogP contribution in [-0.4, -0.2) is 12.0 Å². The van der Waals surface area contributed by atoms with E-state index in [9.17, 15) is 14.4 Å². The van der Waals surface area contributed by atoms with Gasteiger partial charge in [-0.3, -0.25) is 9.59 Å². The fourth-order valence-electron chi connectivity index (χ4n) is 2.49. The molecular formula is C20H16N2O4. The first-order valence-electron chi connectivity index (χ1n) is 7.91. The number of nitrogens with one attached hydrogen (secondary N) is 2. The minimum absolute atomic E-state index is 0.0972. The van der Waals surface area contributed by atoms with Gasteiger partial charge in [-0.05, 0) is 35.7 Å². The second kappa shape index (κ2) is 7.48. The zero-order valence-corrected chi connectivity index (χ0v) is 14.0. The summed E-state index contributed by atoms with van der Waals surface area (Å²) in [6, 6.07) is 18.4. The molecule has 0 aliphatic heterocycles. The van der Waals surface area contributed by atoms with Crippen molar-refractivity contribution in [3.05, 3.63) is 77.0 Å². The Morgan fingerprint density at radius 2 is 1.58 bits per heavy atom. The van der Waals surface area contributed by atoms with Crippen molar-refractivity contribution in [2.75, 3.05) is 10.6 Å². The number of carbonyl (C=O) groups excluding carboxylic acids is 2. The molecule has 0 saturated carbocycles. The zero-order chi connectivity index (χ0) is 18.5. The third-order valence-corrected chi connectivity index (χ3v) is 3.62. The van der Waals surface area contributed by atoms with E-state index in [1.807, 2.05) is 42.5 Å². The van der Waals surface area contributed by atoms with E-state index in [-0.39, 0.29) is 5.75 Å². The fourth-order valence-corrected chi connectivity index (χ4v) is 2.49. The Balaban J connectivity index is 1.79. The van der Waals surface area contributed by atoms with Gasteiger partial charge in [0.15, 0.2) is 5.75 Å². The van der Waals surface area contributed by atoms with E-state index in [1.165, 1.54) is 31.2 Å². The molecule has 3 rings (SSSR count). The van der Waals surface area contributed by atoms with Gasteiger partial charge in [0.1, 0.15) is 0 Å². The van der Waals surface area contributed by atoms with Gasteiger partial charge < -0.3 is 15.4 Å². The smallest absolute Gasteiger partial charge is 0.323 e. The standard InChI is InChI=1S/C20H16N2O4/c1-13(23)26-19-12-10-15(9-11-18(19)24)21-20(25)22-17-8-4-6-14-5-2-3-7-16(14)17/h2-12H,1H3,(H2,21,22,25). The van der Waals surface area contributed by atoms with Crippen LogP contribution in [0.5, 0.6) is 5.75 Å². The number of hydrogen-bond donors (Lipinski definition) is 2. The molecule has 6 nitrogen and oxygen atoms in total. The Labute approximate surface area is 149 Å². The van der Waals surface area contributed by atoms with E-state index in [4.69, 9.17) is 4.74 Å². The number of hydrogen-bond acceptors (Lipinski definition) is 4. The molecule has 0 bridgehead atoms. The lowest BCUT2D eigenvalue weighted by Gasteiger charge is -2.09. The van der Waals surface area contributed by atoms with E-state index < -0.39 is 17.4 Å². The average molecular weight is 348 g/mol. The molecule has 26 heavy (non-hydrogen) atoms. The molecular weight excluding hydrogens is 332 g/mol. The highest BCUT2D eigenvalue weighted by Gasteiger charge is 2.07. The largest absolute Gasteiger partial charge is 0.423 e. The van der Waals surface area contributed by atoms with Crippen LogP contribution in [0.1, 0.15) is 6.92 Å². The van der Waals surface area contributed by atoms with Gasteiger partial charge in [-0.25, -0.2) is 4.79 Å². The third kappa shape index (κ3) is 4.05. The first-order valence-corrected chi connectivity index (χ1v) is 7.91. The normalized spacial score (nSPS) is 10.2. The van der Waals surface area contributed by atoms with Gasteiger partial charge in [0.25, 0.3) is 0 Å². The molecule has 0 atom stereocenters. The predicted octanol–water partition coefficient (Wildman–Crippen LogP) is 3.77. The van der Waals surface area contributed by atoms with Crippen LogP contribution in [0.4, 0.5) is 16.2 Å². The Hall–Kier alpha value is -3.67. The zero-order valence-electron chi connectivity index (χ0n) is 14.0. The first kappa shape index (κ1) is 17.2. The second-order valence-electron chi connectivity index (χ2n) is 5.55. The minimum atomic E-state index is -0.587. The topological polar surface area (TPSA) is 84.5 Å². The highest BCUT2D eigenvalue weighted by atomic mass is 16.5. The van der Waals surface area contributed by atoms with Gasteiger partial charge in [-0.2, -0.15) is 0 Å². The van der Waals surface area contributed by atoms with Gasteiger partial charge in [0, 0.05) is 18.0 Å². The van der Waals surface area contributed by atoms with E-state index in [1.54, 1.807) is 0 Å². The molecule has 3 aromatic rings. The summed E-state index contributed by atoms with van der Waals surface area (Å²) >= 11 is 0. The number of fused-ring (bicyclic) bond motifs is 1. The molecule has 0 unspecified atom stereocenters. The maximum Gasteiger partial charge on any atom is 0.323 e. The Kier molecular flexibility index (Phi) is 4.94. The van der Waals surface area contributed by atoms with Crippen molar-refractivity contribution in [2.24, 2.45) is 0 Å². The molecule has 6 heteroatoms. The van der Waals surface area contributed by atoms with Gasteiger partial charge in [-0.15, -0.1) is 0 Å². The molecule has 0 radical (unpaired) electrons. The van der Waals surface area contributed by atoms with Crippen LogP contribution < -0.4 is 20.8 Å². The summed E-state index contributed by atoms with van der Waals surface area (Å²) in [4.78, 5) is 35.1. The van der Waals surface area contributed by atoms with Gasteiger partial charge in [0.2, 0.25) is 5.43 Å². The molecule has 0 aromatic heterocycles. The third-order valence-electron chi connectivity index (χ3n) is 3.62. The SMILES string of the molecule is CC(=O)Oc1ccc(NC(=O)Nc2cccc3ccccc23)ccc1=O. The lowest BCUT2D eigenvalue weighted by atomic mass is 10.1. The number of rotatable bonds is 3. The minimum Gasteiger partial charge on any atom is -0.423 e. The first-order chi connectivity index (χ1) is 12.5. The van der Waals surface area contributed by atoms with Crippen molar-refractivity contribution in [2.45, 2.75) is 6.92 Å². The number of urea groups is 1. The Morgan fingerprint density at radius 3 is 2.38 bits per heavy atom. The molecule has 3 aromatic carbocycles. The van der Waals surface area contributed by atoms with Crippen LogP contribution in [0.2, 0.25) is 0 Å². The van der Waals surface area contributed by atoms with E-state index in [2.05, 4.69) is 10.6 Å². The molecule has 130 valence electrons. The summed E-state index contributed by atoms with van der Waals surface area (Å²) in [6.45, 7) is 1.21. The molecule has 0 fully saturated rings. The Bertz CT molecular complexity index is 1040. The lowest BCUT2D eigenvalue weighted by molar-refractivity contribution is -0.131. The summed E-state index contributed by atoms with van der Waals surface area (Å²) in [6.07, 6.45) is 0. The summed E-state index contributed by atoms with van der Waals surface area (Å²) in [5.41, 5.74) is 0.604. The molecule has 2 N–H and O–H groups in total. The van der Waals surface area contributed by atoms with Gasteiger partial charge in [0.05, 0.1) is 5.69 Å². The molecule has 0 aliphatic rings. The highest BCUT2D eigenvalue weighted by molar-refractivity contribution is 6.06. The number of benzene rings is 2. The number of anilines is 2. The van der Waals surface area contributed by atoms with Crippen LogP contribution in [0, 0.1) is 0 Å². The predicted molar refractivity (Wildman–Crippen MR) is 101 cm³/mol. The quantitative estimate of drug-likeness (QED) is 0.706. The van der Waals surface area contributed by atoms with Crippen molar-refractivity contribution in [1.82, 2.24) is 0 Å². The summed E-state index contributed by atoms with van der Waals surface area (Å²) in [7, 11) is 0. The molecule has 0 saturated heterocycles.